The van der Waals surface area contributed by atoms with Gasteiger partial charge >= 0.3 is 0 Å². The maximum atomic E-state index is 12.3. The zero-order valence-electron chi connectivity index (χ0n) is 12.2. The van der Waals surface area contributed by atoms with Crippen LogP contribution < -0.4 is 4.57 Å². The van der Waals surface area contributed by atoms with E-state index in [1.807, 2.05) is 30.3 Å². The lowest BCUT2D eigenvalue weighted by Crippen LogP contribution is -2.36. The number of benzene rings is 2. The summed E-state index contributed by atoms with van der Waals surface area (Å²) in [5, 5.41) is 5.14. The number of ketones is 1. The molecule has 3 aromatic rings. The number of aromatic nitrogens is 3. The van der Waals surface area contributed by atoms with Gasteiger partial charge in [0.25, 0.3) is 6.33 Å². The van der Waals surface area contributed by atoms with Crippen molar-refractivity contribution < 1.29 is 9.36 Å². The molecule has 0 spiro atoms. The third kappa shape index (κ3) is 3.97. The van der Waals surface area contributed by atoms with Crippen molar-refractivity contribution in [3.63, 3.8) is 0 Å². The van der Waals surface area contributed by atoms with Crippen molar-refractivity contribution >= 4 is 29.0 Å². The number of halogens is 2. The molecule has 1 heterocycles. The van der Waals surface area contributed by atoms with Crippen LogP contribution >= 0.6 is 23.2 Å². The summed E-state index contributed by atoms with van der Waals surface area (Å²) in [6.45, 7) is 0.833. The van der Waals surface area contributed by atoms with Crippen LogP contribution in [0.25, 0.3) is 0 Å². The second-order valence-electron chi connectivity index (χ2n) is 5.15. The highest BCUT2D eigenvalue weighted by Gasteiger charge is 2.15. The van der Waals surface area contributed by atoms with E-state index in [-0.39, 0.29) is 12.3 Å². The molecular weight excluding hydrogens is 333 g/mol. The molecule has 0 atom stereocenters. The fraction of sp³-hybridized carbons (Fsp3) is 0.118. The van der Waals surface area contributed by atoms with Crippen LogP contribution in [0.2, 0.25) is 10.0 Å². The predicted octanol–water partition coefficient (Wildman–Crippen LogP) is 3.41. The molecule has 0 unspecified atom stereocenters. The van der Waals surface area contributed by atoms with E-state index in [0.717, 1.165) is 5.56 Å². The van der Waals surface area contributed by atoms with Crippen LogP contribution in [0.15, 0.2) is 61.2 Å². The van der Waals surface area contributed by atoms with Crippen molar-refractivity contribution in [2.45, 2.75) is 13.1 Å². The Morgan fingerprint density at radius 3 is 2.65 bits per heavy atom. The van der Waals surface area contributed by atoms with Crippen molar-refractivity contribution in [1.29, 1.82) is 0 Å². The van der Waals surface area contributed by atoms with Gasteiger partial charge in [-0.05, 0) is 23.8 Å². The highest BCUT2D eigenvalue weighted by atomic mass is 35.5. The van der Waals surface area contributed by atoms with E-state index in [4.69, 9.17) is 23.2 Å². The molecule has 0 aliphatic heterocycles. The summed E-state index contributed by atoms with van der Waals surface area (Å²) in [7, 11) is 0. The minimum absolute atomic E-state index is 0.0871. The van der Waals surface area contributed by atoms with Crippen LogP contribution in [-0.2, 0) is 13.1 Å². The van der Waals surface area contributed by atoms with E-state index in [0.29, 0.717) is 22.2 Å². The molecule has 0 saturated heterocycles. The summed E-state index contributed by atoms with van der Waals surface area (Å²) in [4.78, 5) is 12.3. The van der Waals surface area contributed by atoms with Crippen molar-refractivity contribution in [2.24, 2.45) is 0 Å². The van der Waals surface area contributed by atoms with Crippen LogP contribution in [0.4, 0.5) is 0 Å². The maximum Gasteiger partial charge on any atom is 0.265 e. The van der Waals surface area contributed by atoms with Crippen LogP contribution in [0.3, 0.4) is 0 Å². The number of rotatable bonds is 5. The van der Waals surface area contributed by atoms with Crippen molar-refractivity contribution in [3.05, 3.63) is 82.4 Å². The van der Waals surface area contributed by atoms with E-state index in [1.165, 1.54) is 0 Å². The summed E-state index contributed by atoms with van der Waals surface area (Å²) < 4.78 is 3.52. The Labute approximate surface area is 143 Å². The summed E-state index contributed by atoms with van der Waals surface area (Å²) in [6, 6.07) is 14.9. The fourth-order valence-corrected chi connectivity index (χ4v) is 2.78. The smallest absolute Gasteiger partial charge is 0.265 e. The van der Waals surface area contributed by atoms with Crippen LogP contribution in [0, 0.1) is 0 Å². The van der Waals surface area contributed by atoms with Crippen LogP contribution in [0.1, 0.15) is 15.9 Å². The van der Waals surface area contributed by atoms with E-state index in [9.17, 15) is 4.79 Å². The van der Waals surface area contributed by atoms with E-state index in [1.54, 1.807) is 40.1 Å². The Morgan fingerprint density at radius 1 is 1.13 bits per heavy atom. The van der Waals surface area contributed by atoms with Gasteiger partial charge < -0.3 is 0 Å². The Balaban J connectivity index is 1.70. The van der Waals surface area contributed by atoms with Gasteiger partial charge in [-0.25, -0.2) is 4.57 Å². The van der Waals surface area contributed by atoms with E-state index >= 15 is 0 Å². The van der Waals surface area contributed by atoms with Crippen molar-refractivity contribution in [3.8, 4) is 0 Å². The first-order chi connectivity index (χ1) is 11.1. The number of hydrogen-bond acceptors (Lipinski definition) is 2. The van der Waals surface area contributed by atoms with E-state index in [2.05, 4.69) is 5.10 Å². The standard InChI is InChI=1S/C17H14Cl2N3O/c18-14-6-7-15(16(19)8-14)17(23)10-21-11-20-22(12-21)9-13-4-2-1-3-5-13/h1-8,11-12H,9-10H2/q+1. The van der Waals surface area contributed by atoms with Crippen molar-refractivity contribution in [1.82, 2.24) is 9.78 Å². The normalized spacial score (nSPS) is 10.7. The molecule has 0 aliphatic carbocycles. The molecule has 0 fully saturated rings. The molecule has 0 radical (unpaired) electrons. The molecule has 4 nitrogen and oxygen atoms in total. The molecule has 3 rings (SSSR count). The monoisotopic (exact) mass is 346 g/mol. The summed E-state index contributed by atoms with van der Waals surface area (Å²) >= 11 is 11.9. The molecule has 2 aromatic carbocycles. The summed E-state index contributed by atoms with van der Waals surface area (Å²) in [6.07, 6.45) is 3.43. The Bertz CT molecular complexity index is 831. The Kier molecular flexibility index (Phi) is 4.74. The lowest BCUT2D eigenvalue weighted by Gasteiger charge is -2.02. The van der Waals surface area contributed by atoms with Gasteiger partial charge in [0.1, 0.15) is 13.1 Å². The Hall–Kier alpha value is -2.17. The first-order valence-corrected chi connectivity index (χ1v) is 7.81. The number of nitrogens with zero attached hydrogens (tertiary/aromatic N) is 3. The average Bonchev–Trinajstić information content (AvgIpc) is 2.95. The topological polar surface area (TPSA) is 38.8 Å². The molecular formula is C17H14Cl2N3O+. The minimum atomic E-state index is -0.0871. The first kappa shape index (κ1) is 15.7. The lowest BCUT2D eigenvalue weighted by atomic mass is 10.1. The highest BCUT2D eigenvalue weighted by Crippen LogP contribution is 2.21. The molecule has 0 N–H and O–H groups in total. The quantitative estimate of drug-likeness (QED) is 0.524. The Morgan fingerprint density at radius 2 is 1.91 bits per heavy atom. The molecule has 0 aliphatic rings. The molecule has 1 aromatic heterocycles. The third-order valence-corrected chi connectivity index (χ3v) is 3.92. The molecule has 0 saturated carbocycles. The SMILES string of the molecule is O=C(C[n+]1cnn(Cc2ccccc2)c1)c1ccc(Cl)cc1Cl. The van der Waals surface area contributed by atoms with Gasteiger partial charge in [0.15, 0.2) is 5.78 Å². The third-order valence-electron chi connectivity index (χ3n) is 3.37. The molecule has 0 amide bonds. The van der Waals surface area contributed by atoms with Gasteiger partial charge in [-0.15, -0.1) is 4.68 Å². The predicted molar refractivity (Wildman–Crippen MR) is 88.8 cm³/mol. The largest absolute Gasteiger partial charge is 0.290 e. The zero-order chi connectivity index (χ0) is 16.2. The summed E-state index contributed by atoms with van der Waals surface area (Å²) in [5.74, 6) is -0.0871. The minimum Gasteiger partial charge on any atom is -0.290 e. The van der Waals surface area contributed by atoms with Gasteiger partial charge in [0, 0.05) is 15.7 Å². The van der Waals surface area contributed by atoms with Crippen LogP contribution in [0.5, 0.6) is 0 Å². The van der Waals surface area contributed by atoms with Gasteiger partial charge in [-0.1, -0.05) is 53.5 Å². The number of Topliss-reactive ketones (excluding diaryl/α,β-unsaturated/α-hetero) is 1. The number of carbonyl (C=O) groups is 1. The van der Waals surface area contributed by atoms with Gasteiger partial charge in [-0.2, -0.15) is 0 Å². The lowest BCUT2D eigenvalue weighted by molar-refractivity contribution is -0.683. The molecule has 23 heavy (non-hydrogen) atoms. The number of hydrogen-bond donors (Lipinski definition) is 0. The first-order valence-electron chi connectivity index (χ1n) is 7.05. The second kappa shape index (κ2) is 6.94. The zero-order valence-corrected chi connectivity index (χ0v) is 13.7. The second-order valence-corrected chi connectivity index (χ2v) is 5.99. The highest BCUT2D eigenvalue weighted by molar-refractivity contribution is 6.36. The van der Waals surface area contributed by atoms with Gasteiger partial charge in [-0.3, -0.25) is 4.79 Å². The molecule has 0 bridgehead atoms. The fourth-order valence-electron chi connectivity index (χ4n) is 2.26. The van der Waals surface area contributed by atoms with Crippen molar-refractivity contribution in [2.75, 3.05) is 0 Å². The van der Waals surface area contributed by atoms with E-state index < -0.39 is 0 Å². The maximum absolute atomic E-state index is 12.3. The molecule has 6 heteroatoms. The number of carbonyl (C=O) groups excluding carboxylic acids is 1. The van der Waals surface area contributed by atoms with Gasteiger partial charge in [0.05, 0.1) is 5.02 Å². The average molecular weight is 347 g/mol. The summed E-state index contributed by atoms with van der Waals surface area (Å²) in [5.41, 5.74) is 1.61. The van der Waals surface area contributed by atoms with Crippen LogP contribution in [-0.4, -0.2) is 15.6 Å². The molecule has 116 valence electrons. The van der Waals surface area contributed by atoms with Gasteiger partial charge in [0.2, 0.25) is 6.33 Å².